The molecule has 0 radical (unpaired) electrons. The maximum Gasteiger partial charge on any atom is 0.167 e. The van der Waals surface area contributed by atoms with Crippen molar-refractivity contribution in [3.8, 4) is 0 Å². The second-order valence-electron chi connectivity index (χ2n) is 5.73. The van der Waals surface area contributed by atoms with Crippen molar-refractivity contribution < 1.29 is 4.79 Å². The number of aromatic nitrogens is 2. The van der Waals surface area contributed by atoms with Crippen LogP contribution in [0.4, 0.5) is 0 Å². The van der Waals surface area contributed by atoms with E-state index in [0.29, 0.717) is 0 Å². The molecule has 3 aromatic rings. The van der Waals surface area contributed by atoms with Crippen molar-refractivity contribution in [3.05, 3.63) is 41.6 Å². The number of carbonyl (C=O) groups is 1. The number of fused-ring (bicyclic) bond motifs is 4. The van der Waals surface area contributed by atoms with Crippen LogP contribution in [0.1, 0.15) is 29.4 Å². The molecular weight excluding hydrogens is 248 g/mol. The summed E-state index contributed by atoms with van der Waals surface area (Å²) in [7, 11) is 2.04. The van der Waals surface area contributed by atoms with Gasteiger partial charge < -0.3 is 4.57 Å². The number of hydrogen-bond donors (Lipinski definition) is 0. The van der Waals surface area contributed by atoms with E-state index in [2.05, 4.69) is 22.8 Å². The van der Waals surface area contributed by atoms with Crippen LogP contribution in [0.5, 0.6) is 0 Å². The summed E-state index contributed by atoms with van der Waals surface area (Å²) in [4.78, 5) is 17.1. The van der Waals surface area contributed by atoms with E-state index < -0.39 is 0 Å². The first kappa shape index (κ1) is 11.6. The van der Waals surface area contributed by atoms with Crippen LogP contribution in [0.2, 0.25) is 0 Å². The molecule has 0 spiro atoms. The van der Waals surface area contributed by atoms with E-state index in [9.17, 15) is 4.79 Å². The number of carbonyl (C=O) groups excluding carboxylic acids is 1. The zero-order valence-electron chi connectivity index (χ0n) is 11.7. The van der Waals surface area contributed by atoms with Gasteiger partial charge in [0.05, 0.1) is 11.2 Å². The van der Waals surface area contributed by atoms with E-state index in [0.717, 1.165) is 40.6 Å². The third kappa shape index (κ3) is 1.40. The summed E-state index contributed by atoms with van der Waals surface area (Å²) >= 11 is 0. The van der Waals surface area contributed by atoms with E-state index in [1.165, 1.54) is 5.39 Å². The number of pyridine rings is 1. The molecule has 3 heteroatoms. The quantitative estimate of drug-likeness (QED) is 0.623. The second kappa shape index (κ2) is 3.92. The minimum absolute atomic E-state index is 0.122. The van der Waals surface area contributed by atoms with Crippen molar-refractivity contribution in [2.24, 2.45) is 13.0 Å². The highest BCUT2D eigenvalue weighted by atomic mass is 16.1. The van der Waals surface area contributed by atoms with Crippen molar-refractivity contribution in [1.82, 2.24) is 9.55 Å². The number of ketones is 1. The van der Waals surface area contributed by atoms with E-state index in [1.807, 2.05) is 26.1 Å². The summed E-state index contributed by atoms with van der Waals surface area (Å²) in [6, 6.07) is 10.3. The van der Waals surface area contributed by atoms with E-state index in [-0.39, 0.29) is 11.7 Å². The molecule has 0 aliphatic heterocycles. The van der Waals surface area contributed by atoms with Crippen LogP contribution in [-0.2, 0) is 13.5 Å². The lowest BCUT2D eigenvalue weighted by atomic mass is 9.86. The van der Waals surface area contributed by atoms with Gasteiger partial charge in [0, 0.05) is 29.3 Å². The first-order chi connectivity index (χ1) is 9.66. The molecule has 0 saturated heterocycles. The molecule has 0 bridgehead atoms. The highest BCUT2D eigenvalue weighted by Crippen LogP contribution is 2.32. The van der Waals surface area contributed by atoms with Gasteiger partial charge in [-0.05, 0) is 25.0 Å². The summed E-state index contributed by atoms with van der Waals surface area (Å²) in [6.45, 7) is 2.01. The molecule has 1 aliphatic rings. The average molecular weight is 264 g/mol. The Bertz CT molecular complexity index is 860. The highest BCUT2D eigenvalue weighted by molar-refractivity contribution is 6.10. The van der Waals surface area contributed by atoms with Gasteiger partial charge in [-0.2, -0.15) is 0 Å². The van der Waals surface area contributed by atoms with Gasteiger partial charge in [0.25, 0.3) is 0 Å². The third-order valence-corrected chi connectivity index (χ3v) is 4.48. The Morgan fingerprint density at radius 2 is 2.05 bits per heavy atom. The Morgan fingerprint density at radius 1 is 1.25 bits per heavy atom. The molecule has 2 aromatic heterocycles. The monoisotopic (exact) mass is 264 g/mol. The van der Waals surface area contributed by atoms with Crippen molar-refractivity contribution >= 4 is 27.7 Å². The standard InChI is InChI=1S/C17H16N2O/c1-10-7-8-14-13(16(10)20)9-12-11-5-3-4-6-15(11)19(2)17(12)18-14/h3-6,9-10H,7-8H2,1-2H3. The summed E-state index contributed by atoms with van der Waals surface area (Å²) < 4.78 is 2.12. The molecule has 100 valence electrons. The maximum atomic E-state index is 12.4. The smallest absolute Gasteiger partial charge is 0.167 e. The molecule has 4 rings (SSSR count). The Labute approximate surface area is 117 Å². The largest absolute Gasteiger partial charge is 0.328 e. The number of rotatable bonds is 0. The highest BCUT2D eigenvalue weighted by Gasteiger charge is 2.26. The zero-order valence-corrected chi connectivity index (χ0v) is 11.7. The fourth-order valence-corrected chi connectivity index (χ4v) is 3.26. The number of benzene rings is 1. The molecule has 2 heterocycles. The maximum absolute atomic E-state index is 12.4. The number of aryl methyl sites for hydroxylation is 2. The van der Waals surface area contributed by atoms with Gasteiger partial charge in [-0.25, -0.2) is 4.98 Å². The fraction of sp³-hybridized carbons (Fsp3) is 0.294. The molecule has 3 nitrogen and oxygen atoms in total. The van der Waals surface area contributed by atoms with Crippen LogP contribution in [-0.4, -0.2) is 15.3 Å². The molecule has 1 aliphatic carbocycles. The third-order valence-electron chi connectivity index (χ3n) is 4.48. The minimum Gasteiger partial charge on any atom is -0.328 e. The Hall–Kier alpha value is -2.16. The number of nitrogens with zero attached hydrogens (tertiary/aromatic N) is 2. The lowest BCUT2D eigenvalue weighted by Gasteiger charge is -2.19. The summed E-state index contributed by atoms with van der Waals surface area (Å²) in [5.41, 5.74) is 3.93. The molecule has 0 amide bonds. The molecule has 1 unspecified atom stereocenters. The zero-order chi connectivity index (χ0) is 13.9. The van der Waals surface area contributed by atoms with Crippen molar-refractivity contribution in [2.75, 3.05) is 0 Å². The Balaban J connectivity index is 2.13. The average Bonchev–Trinajstić information content (AvgIpc) is 2.75. The predicted octanol–water partition coefficient (Wildman–Crippen LogP) is 3.49. The van der Waals surface area contributed by atoms with Gasteiger partial charge in [0.2, 0.25) is 0 Å². The van der Waals surface area contributed by atoms with Crippen LogP contribution in [0.3, 0.4) is 0 Å². The van der Waals surface area contributed by atoms with Gasteiger partial charge >= 0.3 is 0 Å². The van der Waals surface area contributed by atoms with Crippen LogP contribution in [0.25, 0.3) is 21.9 Å². The van der Waals surface area contributed by atoms with E-state index >= 15 is 0 Å². The minimum atomic E-state index is 0.122. The van der Waals surface area contributed by atoms with Crippen LogP contribution < -0.4 is 0 Å². The van der Waals surface area contributed by atoms with E-state index in [4.69, 9.17) is 4.98 Å². The van der Waals surface area contributed by atoms with Crippen molar-refractivity contribution in [3.63, 3.8) is 0 Å². The molecule has 1 atom stereocenters. The van der Waals surface area contributed by atoms with Crippen molar-refractivity contribution in [2.45, 2.75) is 19.8 Å². The summed E-state index contributed by atoms with van der Waals surface area (Å²) in [5.74, 6) is 0.366. The lowest BCUT2D eigenvalue weighted by molar-refractivity contribution is 0.0913. The van der Waals surface area contributed by atoms with Gasteiger partial charge in [-0.1, -0.05) is 25.1 Å². The molecule has 20 heavy (non-hydrogen) atoms. The van der Waals surface area contributed by atoms with Gasteiger partial charge in [0.15, 0.2) is 5.78 Å². The van der Waals surface area contributed by atoms with Crippen molar-refractivity contribution in [1.29, 1.82) is 0 Å². The van der Waals surface area contributed by atoms with Gasteiger partial charge in [0.1, 0.15) is 5.65 Å². The molecule has 0 fully saturated rings. The Kier molecular flexibility index (Phi) is 2.28. The topological polar surface area (TPSA) is 34.9 Å². The fourth-order valence-electron chi connectivity index (χ4n) is 3.26. The lowest BCUT2D eigenvalue weighted by Crippen LogP contribution is -2.21. The predicted molar refractivity (Wildman–Crippen MR) is 80.0 cm³/mol. The van der Waals surface area contributed by atoms with E-state index in [1.54, 1.807) is 0 Å². The first-order valence-electron chi connectivity index (χ1n) is 7.08. The number of Topliss-reactive ketones (excluding diaryl/α,β-unsaturated/α-hetero) is 1. The van der Waals surface area contributed by atoms with Gasteiger partial charge in [-0.15, -0.1) is 0 Å². The van der Waals surface area contributed by atoms with Crippen LogP contribution >= 0.6 is 0 Å². The summed E-state index contributed by atoms with van der Waals surface area (Å²) in [6.07, 6.45) is 1.81. The first-order valence-corrected chi connectivity index (χ1v) is 7.08. The number of para-hydroxylation sites is 1. The Morgan fingerprint density at radius 3 is 2.90 bits per heavy atom. The molecule has 0 saturated carbocycles. The van der Waals surface area contributed by atoms with Gasteiger partial charge in [-0.3, -0.25) is 4.79 Å². The molecule has 0 N–H and O–H groups in total. The number of hydrogen-bond acceptors (Lipinski definition) is 2. The molecular formula is C17H16N2O. The second-order valence-corrected chi connectivity index (χ2v) is 5.73. The summed E-state index contributed by atoms with van der Waals surface area (Å²) in [5, 5.41) is 2.26. The molecule has 1 aromatic carbocycles. The SMILES string of the molecule is CC1CCc2nc3c(cc2C1=O)c1ccccc1n3C. The normalized spacial score (nSPS) is 18.7. The van der Waals surface area contributed by atoms with Crippen LogP contribution in [0.15, 0.2) is 30.3 Å². The van der Waals surface area contributed by atoms with Crippen LogP contribution in [0, 0.1) is 5.92 Å².